The van der Waals surface area contributed by atoms with Crippen molar-refractivity contribution in [3.8, 4) is 0 Å². The molecule has 1 N–H and O–H groups in total. The summed E-state index contributed by atoms with van der Waals surface area (Å²) in [6.07, 6.45) is 4.66. The fourth-order valence-electron chi connectivity index (χ4n) is 5.90. The fraction of sp³-hybridized carbons (Fsp3) is 0.452. The summed E-state index contributed by atoms with van der Waals surface area (Å²) >= 11 is 6.51. The Hall–Kier alpha value is -3.27. The van der Waals surface area contributed by atoms with Crippen LogP contribution >= 0.6 is 11.6 Å². The standard InChI is InChI=1S/C31H35ClFN3O5/c1-35-19-24(23-7-3-4-8-27(23)35)29(38)34-26-14-9-20(17-25(26)32)18-28(37)31(33,36-15-5-6-16-36)41-22-12-10-21(11-13-22)30(39)40-2/h3-4,7-9,14,17,19,21-22H,5-6,10-13,15-16,18H2,1-2H3,(H,34,38). The van der Waals surface area contributed by atoms with E-state index in [1.165, 1.54) is 12.0 Å². The van der Waals surface area contributed by atoms with Crippen molar-refractivity contribution < 1.29 is 28.2 Å². The summed E-state index contributed by atoms with van der Waals surface area (Å²) < 4.78 is 29.2. The van der Waals surface area contributed by atoms with E-state index >= 15 is 4.39 Å². The van der Waals surface area contributed by atoms with Crippen LogP contribution in [0.4, 0.5) is 10.1 Å². The van der Waals surface area contributed by atoms with Gasteiger partial charge in [-0.1, -0.05) is 35.9 Å². The van der Waals surface area contributed by atoms with Crippen LogP contribution in [-0.2, 0) is 32.5 Å². The number of hydrogen-bond acceptors (Lipinski definition) is 6. The van der Waals surface area contributed by atoms with Gasteiger partial charge in [0, 0.05) is 43.7 Å². The van der Waals surface area contributed by atoms with Crippen LogP contribution in [0.1, 0.15) is 54.4 Å². The maximum Gasteiger partial charge on any atom is 0.330 e. The molecule has 1 atom stereocenters. The second-order valence-corrected chi connectivity index (χ2v) is 11.3. The predicted octanol–water partition coefficient (Wildman–Crippen LogP) is 5.66. The number of halogens is 2. The number of carbonyl (C=O) groups is 3. The van der Waals surface area contributed by atoms with Gasteiger partial charge in [0.2, 0.25) is 5.78 Å². The molecule has 1 aliphatic carbocycles. The van der Waals surface area contributed by atoms with E-state index in [2.05, 4.69) is 5.32 Å². The minimum Gasteiger partial charge on any atom is -0.469 e. The molecule has 8 nitrogen and oxygen atoms in total. The summed E-state index contributed by atoms with van der Waals surface area (Å²) in [5.41, 5.74) is 2.36. The van der Waals surface area contributed by atoms with E-state index in [0.29, 0.717) is 55.6 Å². The average Bonchev–Trinajstić information content (AvgIpc) is 3.64. The molecule has 3 aromatic rings. The Balaban J connectivity index is 1.27. The minimum absolute atomic E-state index is 0.220. The predicted molar refractivity (Wildman–Crippen MR) is 155 cm³/mol. The molecule has 41 heavy (non-hydrogen) atoms. The SMILES string of the molecule is COC(=O)C1CCC(OC(F)(C(=O)Cc2ccc(NC(=O)c3cn(C)c4ccccc34)c(Cl)c2)N2CCCC2)CC1. The van der Waals surface area contributed by atoms with Gasteiger partial charge < -0.3 is 19.4 Å². The number of carbonyl (C=O) groups excluding carboxylic acids is 3. The third-order valence-electron chi connectivity index (χ3n) is 8.18. The van der Waals surface area contributed by atoms with E-state index in [0.717, 1.165) is 23.7 Å². The molecular formula is C31H35ClFN3O5. The van der Waals surface area contributed by atoms with Gasteiger partial charge in [0.15, 0.2) is 0 Å². The van der Waals surface area contributed by atoms with Crippen molar-refractivity contribution in [2.75, 3.05) is 25.5 Å². The number of rotatable bonds is 9. The topological polar surface area (TPSA) is 89.9 Å². The van der Waals surface area contributed by atoms with Crippen LogP contribution in [0.15, 0.2) is 48.7 Å². The molecule has 1 saturated heterocycles. The van der Waals surface area contributed by atoms with Crippen LogP contribution in [0, 0.1) is 5.92 Å². The van der Waals surface area contributed by atoms with Crippen LogP contribution in [0.25, 0.3) is 10.9 Å². The Bertz CT molecular complexity index is 1440. The van der Waals surface area contributed by atoms with Crippen LogP contribution in [-0.4, -0.2) is 59.4 Å². The Kier molecular flexibility index (Phi) is 8.77. The van der Waals surface area contributed by atoms with E-state index in [-0.39, 0.29) is 29.2 Å². The van der Waals surface area contributed by atoms with Gasteiger partial charge in [0.1, 0.15) is 0 Å². The first kappa shape index (κ1) is 29.2. The molecular weight excluding hydrogens is 549 g/mol. The van der Waals surface area contributed by atoms with Crippen molar-refractivity contribution in [2.24, 2.45) is 13.0 Å². The van der Waals surface area contributed by atoms with Gasteiger partial charge >= 0.3 is 11.9 Å². The Morgan fingerprint density at radius 2 is 1.78 bits per heavy atom. The molecule has 2 heterocycles. The Morgan fingerprint density at radius 1 is 1.07 bits per heavy atom. The molecule has 2 aromatic carbocycles. The zero-order chi connectivity index (χ0) is 29.1. The second kappa shape index (κ2) is 12.3. The van der Waals surface area contributed by atoms with E-state index in [1.54, 1.807) is 24.4 Å². The molecule has 10 heteroatoms. The Labute approximate surface area is 243 Å². The minimum atomic E-state index is -2.56. The summed E-state index contributed by atoms with van der Waals surface area (Å²) in [7, 11) is 3.24. The maximum absolute atomic E-state index is 16.5. The highest BCUT2D eigenvalue weighted by atomic mass is 35.5. The summed E-state index contributed by atoms with van der Waals surface area (Å²) in [6.45, 7) is 0.860. The number of hydrogen-bond donors (Lipinski definition) is 1. The quantitative estimate of drug-likeness (QED) is 0.258. The number of nitrogens with zero attached hydrogens (tertiary/aromatic N) is 2. The highest BCUT2D eigenvalue weighted by molar-refractivity contribution is 6.34. The van der Waals surface area contributed by atoms with Gasteiger partial charge in [-0.3, -0.25) is 14.4 Å². The number of benzene rings is 2. The molecule has 5 rings (SSSR count). The average molecular weight is 584 g/mol. The first-order valence-corrected chi connectivity index (χ1v) is 14.4. The second-order valence-electron chi connectivity index (χ2n) is 10.9. The number of alkyl halides is 1. The first-order valence-electron chi connectivity index (χ1n) is 14.1. The van der Waals surface area contributed by atoms with Crippen LogP contribution in [0.3, 0.4) is 0 Å². The molecule has 1 aromatic heterocycles. The van der Waals surface area contributed by atoms with Crippen molar-refractivity contribution in [3.05, 3.63) is 64.8 Å². The first-order chi connectivity index (χ1) is 19.7. The van der Waals surface area contributed by atoms with Crippen LogP contribution < -0.4 is 5.32 Å². The Morgan fingerprint density at radius 3 is 2.46 bits per heavy atom. The zero-order valence-electron chi connectivity index (χ0n) is 23.3. The number of nitrogens with one attached hydrogen (secondary N) is 1. The summed E-state index contributed by atoms with van der Waals surface area (Å²) in [6, 6.07) is 12.5. The molecule has 0 radical (unpaired) electrons. The number of Topliss-reactive ketones (excluding diaryl/α,β-unsaturated/α-hetero) is 1. The lowest BCUT2D eigenvalue weighted by molar-refractivity contribution is -0.252. The number of fused-ring (bicyclic) bond motifs is 1. The summed E-state index contributed by atoms with van der Waals surface area (Å²) in [5, 5.41) is 3.92. The van der Waals surface area contributed by atoms with Crippen molar-refractivity contribution in [1.29, 1.82) is 0 Å². The number of amides is 1. The van der Waals surface area contributed by atoms with Gasteiger partial charge in [0.05, 0.1) is 35.4 Å². The molecule has 1 saturated carbocycles. The molecule has 2 fully saturated rings. The lowest BCUT2D eigenvalue weighted by atomic mass is 9.87. The molecule has 1 unspecified atom stereocenters. The van der Waals surface area contributed by atoms with Crippen LogP contribution in [0.5, 0.6) is 0 Å². The molecule has 1 amide bonds. The van der Waals surface area contributed by atoms with Gasteiger partial charge in [-0.05, 0) is 62.3 Å². The van der Waals surface area contributed by atoms with Crippen molar-refractivity contribution in [3.63, 3.8) is 0 Å². The van der Waals surface area contributed by atoms with E-state index in [1.807, 2.05) is 35.9 Å². The lowest BCUT2D eigenvalue weighted by Crippen LogP contribution is -2.54. The van der Waals surface area contributed by atoms with Gasteiger partial charge in [-0.15, -0.1) is 0 Å². The number of anilines is 1. The van der Waals surface area contributed by atoms with E-state index < -0.39 is 17.9 Å². The monoisotopic (exact) mass is 583 g/mol. The largest absolute Gasteiger partial charge is 0.469 e. The number of aryl methyl sites for hydroxylation is 1. The number of likely N-dealkylation sites (tertiary alicyclic amines) is 1. The molecule has 0 bridgehead atoms. The highest BCUT2D eigenvalue weighted by Crippen LogP contribution is 2.35. The molecule has 1 aliphatic heterocycles. The zero-order valence-corrected chi connectivity index (χ0v) is 24.1. The van der Waals surface area contributed by atoms with Crippen molar-refractivity contribution >= 4 is 45.9 Å². The van der Waals surface area contributed by atoms with Gasteiger partial charge in [-0.25, -0.2) is 4.90 Å². The third kappa shape index (κ3) is 6.17. The van der Waals surface area contributed by atoms with Crippen molar-refractivity contribution in [1.82, 2.24) is 9.47 Å². The number of ether oxygens (including phenoxy) is 2. The maximum atomic E-state index is 16.5. The fourth-order valence-corrected chi connectivity index (χ4v) is 6.15. The lowest BCUT2D eigenvalue weighted by Gasteiger charge is -2.37. The molecule has 0 spiro atoms. The van der Waals surface area contributed by atoms with Gasteiger partial charge in [-0.2, -0.15) is 4.39 Å². The molecule has 218 valence electrons. The number of esters is 1. The van der Waals surface area contributed by atoms with E-state index in [4.69, 9.17) is 21.1 Å². The number of ketones is 1. The normalized spacial score (nSPS) is 21.0. The number of para-hydroxylation sites is 1. The van der Waals surface area contributed by atoms with Gasteiger partial charge in [0.25, 0.3) is 5.91 Å². The molecule has 2 aliphatic rings. The van der Waals surface area contributed by atoms with Crippen molar-refractivity contribution in [2.45, 2.75) is 57.0 Å². The number of aromatic nitrogens is 1. The van der Waals surface area contributed by atoms with Crippen LogP contribution in [0.2, 0.25) is 5.02 Å². The third-order valence-corrected chi connectivity index (χ3v) is 8.49. The smallest absolute Gasteiger partial charge is 0.330 e. The highest BCUT2D eigenvalue weighted by Gasteiger charge is 2.48. The number of methoxy groups -OCH3 is 1. The van der Waals surface area contributed by atoms with E-state index in [9.17, 15) is 14.4 Å². The summed E-state index contributed by atoms with van der Waals surface area (Å²) in [5.74, 6) is -4.05. The summed E-state index contributed by atoms with van der Waals surface area (Å²) in [4.78, 5) is 39.9.